The monoisotopic (exact) mass is 506 g/mol. The second-order valence-electron chi connectivity index (χ2n) is 8.46. The van der Waals surface area contributed by atoms with Crippen molar-refractivity contribution in [2.75, 3.05) is 37.8 Å². The summed E-state index contributed by atoms with van der Waals surface area (Å²) in [5, 5.41) is 4.51. The van der Waals surface area contributed by atoms with Gasteiger partial charge in [-0.2, -0.15) is 0 Å². The van der Waals surface area contributed by atoms with Crippen LogP contribution in [0.2, 0.25) is 5.02 Å². The molecule has 0 amide bonds. The Balaban J connectivity index is 1.33. The molecule has 0 bridgehead atoms. The second-order valence-corrected chi connectivity index (χ2v) is 8.86. The van der Waals surface area contributed by atoms with Gasteiger partial charge in [-0.3, -0.25) is 4.98 Å². The van der Waals surface area contributed by atoms with E-state index in [1.165, 1.54) is 0 Å². The molecule has 10 heteroatoms. The van der Waals surface area contributed by atoms with Gasteiger partial charge in [0.25, 0.3) is 0 Å². The minimum absolute atomic E-state index is 0.269. The summed E-state index contributed by atoms with van der Waals surface area (Å²) in [7, 11) is 0. The van der Waals surface area contributed by atoms with E-state index in [2.05, 4.69) is 15.3 Å². The Bertz CT molecular complexity index is 1350. The first-order chi connectivity index (χ1) is 17.6. The lowest BCUT2D eigenvalue weighted by Crippen LogP contribution is -2.42. The zero-order valence-corrected chi connectivity index (χ0v) is 20.4. The average Bonchev–Trinajstić information content (AvgIpc) is 2.90. The highest BCUT2D eigenvalue weighted by atomic mass is 35.5. The Morgan fingerprint density at radius 1 is 1.06 bits per heavy atom. The molecule has 1 aliphatic rings. The third-order valence-electron chi connectivity index (χ3n) is 5.87. The molecule has 5 rings (SSSR count). The topological polar surface area (TPSA) is 130 Å². The van der Waals surface area contributed by atoms with Gasteiger partial charge < -0.3 is 31.0 Å². The van der Waals surface area contributed by atoms with Gasteiger partial charge in [-0.05, 0) is 42.8 Å². The summed E-state index contributed by atoms with van der Waals surface area (Å²) in [6.07, 6.45) is 2.53. The number of nitrogens with two attached hydrogens (primary N) is 2. The Kier molecular flexibility index (Phi) is 7.31. The van der Waals surface area contributed by atoms with E-state index < -0.39 is 0 Å². The van der Waals surface area contributed by atoms with E-state index >= 15 is 0 Å². The fourth-order valence-corrected chi connectivity index (χ4v) is 4.19. The molecule has 1 fully saturated rings. The summed E-state index contributed by atoms with van der Waals surface area (Å²) in [6, 6.07) is 14.8. The van der Waals surface area contributed by atoms with E-state index in [1.54, 1.807) is 30.5 Å². The third-order valence-corrected chi connectivity index (χ3v) is 6.17. The summed E-state index contributed by atoms with van der Waals surface area (Å²) >= 11 is 6.49. The van der Waals surface area contributed by atoms with E-state index in [0.29, 0.717) is 70.1 Å². The fourth-order valence-electron chi connectivity index (χ4n) is 3.96. The van der Waals surface area contributed by atoms with Crippen LogP contribution in [0, 0.1) is 0 Å². The fraction of sp³-hybridized carbons (Fsp3) is 0.269. The number of benzene rings is 2. The molecule has 2 aromatic heterocycles. The maximum Gasteiger partial charge on any atom is 0.162 e. The van der Waals surface area contributed by atoms with Gasteiger partial charge in [0, 0.05) is 35.8 Å². The number of morpholine rings is 1. The molecule has 9 nitrogen and oxygen atoms in total. The van der Waals surface area contributed by atoms with Crippen molar-refractivity contribution in [3.63, 3.8) is 0 Å². The SMILES string of the molecule is Nc1cc2c(N)nc(-c3ccc(OCc4ccccn4)c(Cl)c3)nc2cc1OCCC1COCCN1. The average molecular weight is 507 g/mol. The van der Waals surface area contributed by atoms with Gasteiger partial charge in [-0.1, -0.05) is 17.7 Å². The van der Waals surface area contributed by atoms with E-state index in [9.17, 15) is 0 Å². The van der Waals surface area contributed by atoms with E-state index in [0.717, 1.165) is 25.3 Å². The number of nitrogens with one attached hydrogen (secondary N) is 1. The predicted molar refractivity (Wildman–Crippen MR) is 140 cm³/mol. The van der Waals surface area contributed by atoms with Gasteiger partial charge >= 0.3 is 0 Å². The molecule has 36 heavy (non-hydrogen) atoms. The number of ether oxygens (including phenoxy) is 3. The van der Waals surface area contributed by atoms with Gasteiger partial charge in [0.05, 0.1) is 41.7 Å². The van der Waals surface area contributed by atoms with Crippen molar-refractivity contribution in [3.05, 3.63) is 65.4 Å². The predicted octanol–water partition coefficient (Wildman–Crippen LogP) is 3.85. The van der Waals surface area contributed by atoms with Crippen LogP contribution in [0.25, 0.3) is 22.3 Å². The van der Waals surface area contributed by atoms with Crippen LogP contribution in [0.5, 0.6) is 11.5 Å². The number of nitrogens with zero attached hydrogens (tertiary/aromatic N) is 3. The first kappa shape index (κ1) is 24.1. The van der Waals surface area contributed by atoms with Crippen LogP contribution in [0.4, 0.5) is 11.5 Å². The largest absolute Gasteiger partial charge is 0.491 e. The van der Waals surface area contributed by atoms with Crippen LogP contribution in [0.1, 0.15) is 12.1 Å². The number of hydrogen-bond donors (Lipinski definition) is 3. The minimum atomic E-state index is 0.269. The number of aromatic nitrogens is 3. The number of rotatable bonds is 8. The van der Waals surface area contributed by atoms with Crippen LogP contribution in [-0.4, -0.2) is 47.4 Å². The Morgan fingerprint density at radius 2 is 1.97 bits per heavy atom. The molecule has 0 radical (unpaired) electrons. The molecule has 2 aromatic carbocycles. The highest BCUT2D eigenvalue weighted by Crippen LogP contribution is 2.34. The lowest BCUT2D eigenvalue weighted by Gasteiger charge is -2.23. The van der Waals surface area contributed by atoms with Crippen molar-refractivity contribution < 1.29 is 14.2 Å². The first-order valence-corrected chi connectivity index (χ1v) is 12.1. The zero-order valence-electron chi connectivity index (χ0n) is 19.6. The number of halogens is 1. The Hall–Kier alpha value is -3.66. The van der Waals surface area contributed by atoms with Gasteiger partial charge in [0.15, 0.2) is 5.82 Å². The summed E-state index contributed by atoms with van der Waals surface area (Å²) in [5.74, 6) is 1.86. The standard InChI is InChI=1S/C26H27ClN6O3/c27-20-11-16(4-5-23(20)36-15-17-3-1-2-7-30-17)26-32-22-13-24(21(28)12-19(22)25(29)33-26)35-9-6-18-14-34-10-8-31-18/h1-5,7,11-13,18,31H,6,8-10,14-15,28H2,(H2,29,32,33). The lowest BCUT2D eigenvalue weighted by atomic mass is 10.1. The van der Waals surface area contributed by atoms with Crippen LogP contribution in [0.3, 0.4) is 0 Å². The zero-order chi connectivity index (χ0) is 24.9. The number of hydrogen-bond acceptors (Lipinski definition) is 9. The quantitative estimate of drug-likeness (QED) is 0.305. The number of pyridine rings is 1. The summed E-state index contributed by atoms with van der Waals surface area (Å²) in [6.45, 7) is 3.08. The van der Waals surface area contributed by atoms with Gasteiger partial charge in [-0.25, -0.2) is 9.97 Å². The number of nitrogen functional groups attached to an aromatic ring is 2. The van der Waals surface area contributed by atoms with Crippen molar-refractivity contribution in [2.45, 2.75) is 19.1 Å². The van der Waals surface area contributed by atoms with Crippen molar-refractivity contribution in [1.82, 2.24) is 20.3 Å². The smallest absolute Gasteiger partial charge is 0.162 e. The molecule has 186 valence electrons. The van der Waals surface area contributed by atoms with Crippen molar-refractivity contribution in [3.8, 4) is 22.9 Å². The summed E-state index contributed by atoms with van der Waals surface area (Å²) in [4.78, 5) is 13.4. The molecule has 5 N–H and O–H groups in total. The molecule has 4 aromatic rings. The number of fused-ring (bicyclic) bond motifs is 1. The Morgan fingerprint density at radius 3 is 2.75 bits per heavy atom. The molecule has 0 spiro atoms. The molecule has 1 aliphatic heterocycles. The molecular formula is C26H27ClN6O3. The van der Waals surface area contributed by atoms with E-state index in [-0.39, 0.29) is 6.04 Å². The van der Waals surface area contributed by atoms with Gasteiger partial charge in [0.1, 0.15) is 23.9 Å². The van der Waals surface area contributed by atoms with Crippen LogP contribution < -0.4 is 26.3 Å². The van der Waals surface area contributed by atoms with Crippen LogP contribution >= 0.6 is 11.6 Å². The van der Waals surface area contributed by atoms with Crippen molar-refractivity contribution in [1.29, 1.82) is 0 Å². The van der Waals surface area contributed by atoms with Crippen LogP contribution in [-0.2, 0) is 11.3 Å². The minimum Gasteiger partial charge on any atom is -0.491 e. The normalized spacial score (nSPS) is 15.6. The van der Waals surface area contributed by atoms with Crippen LogP contribution in [0.15, 0.2) is 54.7 Å². The van der Waals surface area contributed by atoms with Gasteiger partial charge in [0.2, 0.25) is 0 Å². The van der Waals surface area contributed by atoms with Crippen molar-refractivity contribution >= 4 is 34.0 Å². The first-order valence-electron chi connectivity index (χ1n) is 11.7. The maximum atomic E-state index is 6.49. The molecule has 1 saturated heterocycles. The molecule has 0 saturated carbocycles. The maximum absolute atomic E-state index is 6.49. The summed E-state index contributed by atoms with van der Waals surface area (Å²) < 4.78 is 17.3. The summed E-state index contributed by atoms with van der Waals surface area (Å²) in [5.41, 5.74) is 15.1. The Labute approximate surface area is 213 Å². The molecule has 3 heterocycles. The van der Waals surface area contributed by atoms with E-state index in [1.807, 2.05) is 24.3 Å². The molecule has 0 aliphatic carbocycles. The molecule has 1 unspecified atom stereocenters. The second kappa shape index (κ2) is 10.9. The highest BCUT2D eigenvalue weighted by Gasteiger charge is 2.15. The third kappa shape index (κ3) is 5.59. The highest BCUT2D eigenvalue weighted by molar-refractivity contribution is 6.32. The van der Waals surface area contributed by atoms with E-state index in [4.69, 9.17) is 42.3 Å². The van der Waals surface area contributed by atoms with Gasteiger partial charge in [-0.15, -0.1) is 0 Å². The van der Waals surface area contributed by atoms with Crippen molar-refractivity contribution in [2.24, 2.45) is 0 Å². The molecule has 1 atom stereocenters. The molecular weight excluding hydrogens is 480 g/mol. The number of anilines is 2. The lowest BCUT2D eigenvalue weighted by molar-refractivity contribution is 0.0692.